The molecule has 0 aromatic heterocycles. The molecule has 51 heavy (non-hydrogen) atoms. The molecule has 0 bridgehead atoms. The summed E-state index contributed by atoms with van der Waals surface area (Å²) < 4.78 is 6.35. The van der Waals surface area contributed by atoms with E-state index in [9.17, 15) is 0 Å². The molecule has 2 nitrogen and oxygen atoms in total. The van der Waals surface area contributed by atoms with Crippen molar-refractivity contribution in [3.8, 4) is 0 Å². The second-order valence-corrected chi connectivity index (χ2v) is 56.0. The van der Waals surface area contributed by atoms with Crippen LogP contribution in [0.4, 0.5) is 0 Å². The molecule has 0 aliphatic heterocycles. The van der Waals surface area contributed by atoms with Crippen molar-refractivity contribution in [2.75, 3.05) is 24.6 Å². The van der Waals surface area contributed by atoms with E-state index in [1.807, 2.05) is 11.8 Å². The molecule has 0 heterocycles. The van der Waals surface area contributed by atoms with Gasteiger partial charge in [0.05, 0.1) is 0 Å². The molecule has 15 heteroatoms. The second-order valence-electron chi connectivity index (χ2n) is 15.4. The molecule has 0 aromatic carbocycles. The minimum absolute atomic E-state index is 0.198. The van der Waals surface area contributed by atoms with E-state index in [1.165, 1.54) is 85.6 Å². The Bertz CT molecular complexity index is 757. The van der Waals surface area contributed by atoms with Crippen LogP contribution in [0.25, 0.3) is 0 Å². The Balaban J connectivity index is 5.57. The quantitative estimate of drug-likeness (QED) is 0.0377. The number of thioether (sulfide) groups is 1. The summed E-state index contributed by atoms with van der Waals surface area (Å²) in [6.07, 6.45) is 6.30. The third-order valence-corrected chi connectivity index (χ3v) is 50.8. The van der Waals surface area contributed by atoms with E-state index >= 15 is 0 Å². The molecule has 0 radical (unpaired) electrons. The lowest BCUT2D eigenvalue weighted by atomic mass is 10.2. The summed E-state index contributed by atoms with van der Waals surface area (Å²) in [5.41, 5.74) is 0.395. The first-order chi connectivity index (χ1) is 23.9. The van der Waals surface area contributed by atoms with E-state index in [2.05, 4.69) is 91.5 Å². The predicted octanol–water partition coefficient (Wildman–Crippen LogP) is 16.7. The van der Waals surface area contributed by atoms with Crippen molar-refractivity contribution >= 4 is 123 Å². The summed E-state index contributed by atoms with van der Waals surface area (Å²) in [5.74, 6) is 2.03. The Kier molecular flexibility index (Phi) is 28.1. The van der Waals surface area contributed by atoms with Gasteiger partial charge < -0.3 is 8.46 Å². The standard InChI is InChI=1S/C36H82Cl6N2SSi6/c1-13-46(14-2,15-3)43(47(16-4,17-5)18-6)31-25-27-35(50(37,38)39)29-33-45-34-30-36(51(40,41)42)28-26-32-44(48(19-7,20-8)21-9)49(22-10,23-11)24-12/h35-36H,13-34H2,1-12H3. The number of halogens is 6. The average Bonchev–Trinajstić information content (AvgIpc) is 3.11. The van der Waals surface area contributed by atoms with E-state index in [4.69, 9.17) is 66.5 Å². The third kappa shape index (κ3) is 15.5. The molecule has 0 rings (SSSR count). The van der Waals surface area contributed by atoms with Crippen molar-refractivity contribution in [3.05, 3.63) is 0 Å². The van der Waals surface area contributed by atoms with Crippen LogP contribution >= 0.6 is 78.2 Å². The van der Waals surface area contributed by atoms with Gasteiger partial charge in [-0.3, -0.25) is 0 Å². The Morgan fingerprint density at radius 3 is 0.765 bits per heavy atom. The van der Waals surface area contributed by atoms with E-state index in [-0.39, 0.29) is 11.1 Å². The molecular formula is C36H82Cl6N2SSi6. The summed E-state index contributed by atoms with van der Waals surface area (Å²) in [7, 11) is -5.99. The first-order valence-electron chi connectivity index (χ1n) is 21.2. The smallest absolute Gasteiger partial charge is 0.344 e. The van der Waals surface area contributed by atoms with Crippen LogP contribution in [0.15, 0.2) is 0 Å². The first-order valence-corrected chi connectivity index (χ1v) is 42.8. The lowest BCUT2D eigenvalue weighted by Crippen LogP contribution is -2.66. The van der Waals surface area contributed by atoms with Gasteiger partial charge in [0.1, 0.15) is 32.9 Å². The van der Waals surface area contributed by atoms with Crippen molar-refractivity contribution in [2.24, 2.45) is 0 Å². The number of hydrogen-bond donors (Lipinski definition) is 0. The normalized spacial score (nSPS) is 15.3. The summed E-state index contributed by atoms with van der Waals surface area (Å²) in [5, 5.41) is 0. The second kappa shape index (κ2) is 26.4. The molecule has 2 atom stereocenters. The van der Waals surface area contributed by atoms with E-state index in [1.54, 1.807) is 0 Å². The first kappa shape index (κ1) is 54.3. The minimum Gasteiger partial charge on any atom is -0.345 e. The maximum absolute atomic E-state index is 6.81. The third-order valence-electron chi connectivity index (χ3n) is 14.2. The van der Waals surface area contributed by atoms with Gasteiger partial charge in [0.2, 0.25) is 0 Å². The van der Waals surface area contributed by atoms with E-state index in [0.29, 0.717) is 0 Å². The van der Waals surface area contributed by atoms with Crippen LogP contribution in [0.2, 0.25) is 83.6 Å². The molecule has 0 aliphatic rings. The van der Waals surface area contributed by atoms with Crippen LogP contribution in [0.5, 0.6) is 0 Å². The fourth-order valence-electron chi connectivity index (χ4n) is 9.73. The number of hydrogen-bond acceptors (Lipinski definition) is 3. The average molecular weight is 956 g/mol. The zero-order valence-electron chi connectivity index (χ0n) is 35.3. The van der Waals surface area contributed by atoms with Gasteiger partial charge >= 0.3 is 12.0 Å². The van der Waals surface area contributed by atoms with E-state index in [0.717, 1.165) is 50.0 Å². The molecule has 0 N–H and O–H groups in total. The molecule has 0 fully saturated rings. The minimum atomic E-state index is -2.84. The Hall–Kier alpha value is 3.31. The highest BCUT2D eigenvalue weighted by Crippen LogP contribution is 2.44. The highest BCUT2D eigenvalue weighted by Gasteiger charge is 2.47. The van der Waals surface area contributed by atoms with Crippen LogP contribution in [-0.2, 0) is 0 Å². The van der Waals surface area contributed by atoms with Gasteiger partial charge in [0, 0.05) is 0 Å². The molecule has 308 valence electrons. The Morgan fingerprint density at radius 2 is 0.588 bits per heavy atom. The fraction of sp³-hybridized carbons (Fsp3) is 1.00. The van der Waals surface area contributed by atoms with Crippen molar-refractivity contribution in [1.29, 1.82) is 0 Å². The SMILES string of the molecule is CC[Si](CC)(CC)N(CCCC(CCSCCC(CCCN([Si](CC)(CC)CC)[Si](CC)(CC)CC)[Si](Cl)(Cl)Cl)[Si](Cl)(Cl)Cl)[Si](CC)(CC)CC. The van der Waals surface area contributed by atoms with Crippen LogP contribution in [0, 0.1) is 0 Å². The summed E-state index contributed by atoms with van der Waals surface area (Å²) in [6, 6.07) is 10.5. The molecule has 0 saturated heterocycles. The molecule has 0 aromatic rings. The monoisotopic (exact) mass is 952 g/mol. The van der Waals surface area contributed by atoms with Crippen molar-refractivity contribution in [1.82, 2.24) is 8.46 Å². The lowest BCUT2D eigenvalue weighted by Gasteiger charge is -2.52. The maximum atomic E-state index is 6.81. The largest absolute Gasteiger partial charge is 0.345 e. The van der Waals surface area contributed by atoms with Crippen LogP contribution < -0.4 is 0 Å². The number of nitrogens with zero attached hydrogens (tertiary/aromatic N) is 2. The summed E-state index contributed by atoms with van der Waals surface area (Å²) in [6.45, 7) is 31.9. The van der Waals surface area contributed by atoms with Crippen LogP contribution in [0.3, 0.4) is 0 Å². The topological polar surface area (TPSA) is 6.48 Å². The lowest BCUT2D eigenvalue weighted by molar-refractivity contribution is 0.522. The Labute approximate surface area is 358 Å². The zero-order chi connectivity index (χ0) is 39.6. The molecule has 0 spiro atoms. The molecule has 0 amide bonds. The van der Waals surface area contributed by atoms with Crippen molar-refractivity contribution in [2.45, 2.75) is 205 Å². The van der Waals surface area contributed by atoms with Gasteiger partial charge in [-0.25, -0.2) is 0 Å². The van der Waals surface area contributed by atoms with Crippen LogP contribution in [-0.4, -0.2) is 78.0 Å². The highest BCUT2D eigenvalue weighted by molar-refractivity contribution is 7.99. The van der Waals surface area contributed by atoms with Gasteiger partial charge in [-0.1, -0.05) is 83.1 Å². The van der Waals surface area contributed by atoms with Crippen molar-refractivity contribution < 1.29 is 0 Å². The molecular weight excluding hydrogens is 874 g/mol. The molecule has 0 saturated carbocycles. The summed E-state index contributed by atoms with van der Waals surface area (Å²) in [4.78, 5) is 0. The van der Waals surface area contributed by atoms with Gasteiger partial charge in [-0.15, -0.1) is 66.5 Å². The molecule has 0 aliphatic carbocycles. The van der Waals surface area contributed by atoms with Gasteiger partial charge in [0.25, 0.3) is 0 Å². The Morgan fingerprint density at radius 1 is 0.373 bits per heavy atom. The van der Waals surface area contributed by atoms with Crippen molar-refractivity contribution in [3.63, 3.8) is 0 Å². The van der Waals surface area contributed by atoms with Crippen LogP contribution in [0.1, 0.15) is 122 Å². The van der Waals surface area contributed by atoms with Gasteiger partial charge in [-0.2, -0.15) is 11.8 Å². The molecule has 2 unspecified atom stereocenters. The zero-order valence-corrected chi connectivity index (χ0v) is 46.6. The van der Waals surface area contributed by atoms with Gasteiger partial charge in [0.15, 0.2) is 0 Å². The fourth-order valence-corrected chi connectivity index (χ4v) is 44.0. The highest BCUT2D eigenvalue weighted by atomic mass is 35.8. The maximum Gasteiger partial charge on any atom is 0.344 e. The predicted molar refractivity (Wildman–Crippen MR) is 261 cm³/mol. The summed E-state index contributed by atoms with van der Waals surface area (Å²) >= 11 is 42.8. The van der Waals surface area contributed by atoms with E-state index < -0.39 is 44.9 Å². The van der Waals surface area contributed by atoms with Gasteiger partial charge in [-0.05, 0) is 147 Å². The number of rotatable bonds is 32.